The van der Waals surface area contributed by atoms with Crippen molar-refractivity contribution in [3.05, 3.63) is 66.0 Å². The van der Waals surface area contributed by atoms with Gasteiger partial charge in [0, 0.05) is 11.1 Å². The van der Waals surface area contributed by atoms with Crippen molar-refractivity contribution in [2.24, 2.45) is 0 Å². The Balaban J connectivity index is 1.80. The zero-order chi connectivity index (χ0) is 19.1. The first-order chi connectivity index (χ1) is 13.8. The molecule has 2 aromatic heterocycles. The van der Waals surface area contributed by atoms with Gasteiger partial charge in [-0.3, -0.25) is 0 Å². The van der Waals surface area contributed by atoms with Gasteiger partial charge in [-0.05, 0) is 43.2 Å². The molecule has 0 fully saturated rings. The van der Waals surface area contributed by atoms with Crippen molar-refractivity contribution in [2.75, 3.05) is 14.2 Å². The molecule has 1 aliphatic carbocycles. The smallest absolute Gasteiger partial charge is 0.174 e. The van der Waals surface area contributed by atoms with Gasteiger partial charge in [0.25, 0.3) is 0 Å². The average molecular weight is 373 g/mol. The van der Waals surface area contributed by atoms with E-state index in [2.05, 4.69) is 5.16 Å². The molecule has 0 bridgehead atoms. The van der Waals surface area contributed by atoms with Gasteiger partial charge < -0.3 is 14.0 Å². The minimum atomic E-state index is 0.670. The van der Waals surface area contributed by atoms with E-state index in [1.807, 2.05) is 53.2 Å². The Hall–Kier alpha value is -3.54. The summed E-state index contributed by atoms with van der Waals surface area (Å²) in [6.07, 6.45) is 3.53. The molecule has 28 heavy (non-hydrogen) atoms. The number of nitrogens with zero attached hydrogens (tertiary/aromatic N) is 3. The highest BCUT2D eigenvalue weighted by atomic mass is 16.5. The Bertz CT molecular complexity index is 1150. The molecule has 0 atom stereocenters. The van der Waals surface area contributed by atoms with E-state index in [0.717, 1.165) is 52.4 Å². The summed E-state index contributed by atoms with van der Waals surface area (Å²) >= 11 is 0. The number of hydrogen-bond acceptors (Lipinski definition) is 5. The fourth-order valence-electron chi connectivity index (χ4n) is 3.78. The first kappa shape index (κ1) is 16.6. The lowest BCUT2D eigenvalue weighted by Crippen LogP contribution is -2.00. The Labute approximate surface area is 162 Å². The van der Waals surface area contributed by atoms with E-state index in [0.29, 0.717) is 11.5 Å². The number of rotatable bonds is 4. The van der Waals surface area contributed by atoms with Crippen molar-refractivity contribution in [3.63, 3.8) is 0 Å². The summed E-state index contributed by atoms with van der Waals surface area (Å²) in [5, 5.41) is 8.95. The Morgan fingerprint density at radius 1 is 0.964 bits per heavy atom. The summed E-state index contributed by atoms with van der Waals surface area (Å²) in [7, 11) is 3.27. The minimum Gasteiger partial charge on any atom is -0.493 e. The highest BCUT2D eigenvalue weighted by molar-refractivity contribution is 5.85. The molecule has 2 heterocycles. The van der Waals surface area contributed by atoms with Crippen LogP contribution < -0.4 is 9.47 Å². The van der Waals surface area contributed by atoms with E-state index >= 15 is 0 Å². The Morgan fingerprint density at radius 3 is 2.57 bits per heavy atom. The van der Waals surface area contributed by atoms with Gasteiger partial charge in [-0.1, -0.05) is 23.4 Å². The standard InChI is InChI=1S/C22H19N3O3/c1-26-18-11-9-14(12-19(18)27-2)21-20-17(10-8-15-13-23-28-22(15)20)24-25(21)16-6-4-3-5-7-16/h3-7,9,11-13H,8,10H2,1-2H3. The third kappa shape index (κ3) is 2.49. The zero-order valence-electron chi connectivity index (χ0n) is 15.7. The molecule has 0 saturated carbocycles. The van der Waals surface area contributed by atoms with Crippen molar-refractivity contribution >= 4 is 0 Å². The zero-order valence-corrected chi connectivity index (χ0v) is 15.7. The topological polar surface area (TPSA) is 62.3 Å². The van der Waals surface area contributed by atoms with Crippen LogP contribution in [0.25, 0.3) is 28.3 Å². The summed E-state index contributed by atoms with van der Waals surface area (Å²) < 4.78 is 18.5. The second-order valence-corrected chi connectivity index (χ2v) is 6.67. The van der Waals surface area contributed by atoms with Gasteiger partial charge in [-0.2, -0.15) is 5.10 Å². The molecule has 0 amide bonds. The number of ether oxygens (including phenoxy) is 2. The number of hydrogen-bond donors (Lipinski definition) is 0. The number of aryl methyl sites for hydroxylation is 2. The molecular formula is C22H19N3O3. The fraction of sp³-hybridized carbons (Fsp3) is 0.182. The molecular weight excluding hydrogens is 354 g/mol. The fourth-order valence-corrected chi connectivity index (χ4v) is 3.78. The lowest BCUT2D eigenvalue weighted by Gasteiger charge is -2.14. The van der Waals surface area contributed by atoms with Gasteiger partial charge in [0.15, 0.2) is 17.3 Å². The SMILES string of the molecule is COc1ccc(-c2c3c(nn2-c2ccccc2)CCc2cnoc2-3)cc1OC. The van der Waals surface area contributed by atoms with Gasteiger partial charge in [0.1, 0.15) is 0 Å². The highest BCUT2D eigenvalue weighted by Gasteiger charge is 2.30. The summed E-state index contributed by atoms with van der Waals surface area (Å²) in [5.74, 6) is 2.16. The molecule has 140 valence electrons. The summed E-state index contributed by atoms with van der Waals surface area (Å²) in [6.45, 7) is 0. The van der Waals surface area contributed by atoms with Crippen molar-refractivity contribution < 1.29 is 14.0 Å². The van der Waals surface area contributed by atoms with Crippen LogP contribution in [0.5, 0.6) is 11.5 Å². The molecule has 4 aromatic rings. The number of para-hydroxylation sites is 1. The Kier molecular flexibility index (Phi) is 3.90. The van der Waals surface area contributed by atoms with Gasteiger partial charge in [-0.15, -0.1) is 0 Å². The minimum absolute atomic E-state index is 0.670. The molecule has 0 spiro atoms. The third-order valence-corrected chi connectivity index (χ3v) is 5.12. The van der Waals surface area contributed by atoms with Crippen molar-refractivity contribution in [3.8, 4) is 39.8 Å². The van der Waals surface area contributed by atoms with Crippen molar-refractivity contribution in [2.45, 2.75) is 12.8 Å². The molecule has 0 unspecified atom stereocenters. The number of benzene rings is 2. The van der Waals surface area contributed by atoms with E-state index < -0.39 is 0 Å². The first-order valence-corrected chi connectivity index (χ1v) is 9.13. The molecule has 6 nitrogen and oxygen atoms in total. The lowest BCUT2D eigenvalue weighted by atomic mass is 9.92. The second kappa shape index (κ2) is 6.56. The normalized spacial score (nSPS) is 12.4. The molecule has 0 radical (unpaired) electrons. The summed E-state index contributed by atoms with van der Waals surface area (Å²) in [6, 6.07) is 16.0. The van der Waals surface area contributed by atoms with E-state index in [-0.39, 0.29) is 0 Å². The average Bonchev–Trinajstić information content (AvgIpc) is 3.38. The number of aromatic nitrogens is 3. The number of methoxy groups -OCH3 is 2. The second-order valence-electron chi connectivity index (χ2n) is 6.67. The van der Waals surface area contributed by atoms with E-state index in [1.165, 1.54) is 0 Å². The van der Waals surface area contributed by atoms with Gasteiger partial charge in [-0.25, -0.2) is 4.68 Å². The maximum absolute atomic E-state index is 5.64. The van der Waals surface area contributed by atoms with Crippen LogP contribution in [0.15, 0.2) is 59.3 Å². The monoisotopic (exact) mass is 373 g/mol. The lowest BCUT2D eigenvalue weighted by molar-refractivity contribution is 0.355. The van der Waals surface area contributed by atoms with Gasteiger partial charge in [0.05, 0.1) is 43.1 Å². The molecule has 2 aromatic carbocycles. The largest absolute Gasteiger partial charge is 0.493 e. The molecule has 0 saturated heterocycles. The van der Waals surface area contributed by atoms with E-state index in [4.69, 9.17) is 19.1 Å². The summed E-state index contributed by atoms with van der Waals surface area (Å²) in [5.41, 5.74) is 6.04. The Morgan fingerprint density at radius 2 is 1.79 bits per heavy atom. The molecule has 5 rings (SSSR count). The summed E-state index contributed by atoms with van der Waals surface area (Å²) in [4.78, 5) is 0. The maximum atomic E-state index is 5.64. The quantitative estimate of drug-likeness (QED) is 0.533. The predicted octanol–water partition coefficient (Wildman–Crippen LogP) is 4.31. The first-order valence-electron chi connectivity index (χ1n) is 9.13. The van der Waals surface area contributed by atoms with Crippen molar-refractivity contribution in [1.29, 1.82) is 0 Å². The highest BCUT2D eigenvalue weighted by Crippen LogP contribution is 2.43. The van der Waals surface area contributed by atoms with Crippen molar-refractivity contribution in [1.82, 2.24) is 14.9 Å². The number of fused-ring (bicyclic) bond motifs is 3. The van der Waals surface area contributed by atoms with Gasteiger partial charge >= 0.3 is 0 Å². The third-order valence-electron chi connectivity index (χ3n) is 5.12. The van der Waals surface area contributed by atoms with Gasteiger partial charge in [0.2, 0.25) is 0 Å². The van der Waals surface area contributed by atoms with Crippen LogP contribution in [0.1, 0.15) is 11.3 Å². The van der Waals surface area contributed by atoms with Crippen LogP contribution in [-0.4, -0.2) is 29.2 Å². The molecule has 6 heteroatoms. The van der Waals surface area contributed by atoms with Crippen LogP contribution >= 0.6 is 0 Å². The van der Waals surface area contributed by atoms with Crippen LogP contribution in [0.3, 0.4) is 0 Å². The van der Waals surface area contributed by atoms with Crippen LogP contribution in [0.4, 0.5) is 0 Å². The van der Waals surface area contributed by atoms with E-state index in [1.54, 1.807) is 20.4 Å². The maximum Gasteiger partial charge on any atom is 0.174 e. The molecule has 0 N–H and O–H groups in total. The predicted molar refractivity (Wildman–Crippen MR) is 105 cm³/mol. The van der Waals surface area contributed by atoms with Crippen LogP contribution in [-0.2, 0) is 12.8 Å². The van der Waals surface area contributed by atoms with Crippen LogP contribution in [0.2, 0.25) is 0 Å². The van der Waals surface area contributed by atoms with Crippen LogP contribution in [0, 0.1) is 0 Å². The molecule has 0 aliphatic heterocycles. The molecule has 1 aliphatic rings. The van der Waals surface area contributed by atoms with E-state index in [9.17, 15) is 0 Å².